The van der Waals surface area contributed by atoms with Gasteiger partial charge in [0.2, 0.25) is 0 Å². The van der Waals surface area contributed by atoms with Crippen molar-refractivity contribution in [2.45, 2.75) is 32.7 Å². The summed E-state index contributed by atoms with van der Waals surface area (Å²) < 4.78 is 10.7. The van der Waals surface area contributed by atoms with Gasteiger partial charge in [-0.1, -0.05) is 13.8 Å². The molecule has 1 unspecified atom stereocenters. The summed E-state index contributed by atoms with van der Waals surface area (Å²) in [5, 5.41) is 0. The zero-order valence-electron chi connectivity index (χ0n) is 11.0. The average molecular weight is 237 g/mol. The number of nitrogens with two attached hydrogens (primary N) is 1. The number of benzene rings is 1. The van der Waals surface area contributed by atoms with Crippen LogP contribution in [0.4, 0.5) is 0 Å². The van der Waals surface area contributed by atoms with E-state index in [-0.39, 0.29) is 6.04 Å². The number of hydrogen-bond acceptors (Lipinski definition) is 3. The van der Waals surface area contributed by atoms with E-state index in [0.717, 1.165) is 24.3 Å². The SMILES string of the molecule is COc1ccc(OCCCC(N)C(C)C)cc1. The molecule has 3 nitrogen and oxygen atoms in total. The smallest absolute Gasteiger partial charge is 0.119 e. The molecule has 0 bridgehead atoms. The van der Waals surface area contributed by atoms with E-state index in [1.165, 1.54) is 0 Å². The highest BCUT2D eigenvalue weighted by Gasteiger charge is 2.06. The quantitative estimate of drug-likeness (QED) is 0.742. The van der Waals surface area contributed by atoms with E-state index in [9.17, 15) is 0 Å². The first-order valence-electron chi connectivity index (χ1n) is 6.16. The molecule has 0 heterocycles. The Hall–Kier alpha value is -1.22. The van der Waals surface area contributed by atoms with Crippen molar-refractivity contribution in [3.63, 3.8) is 0 Å². The van der Waals surface area contributed by atoms with Crippen molar-refractivity contribution in [2.24, 2.45) is 11.7 Å². The molecular weight excluding hydrogens is 214 g/mol. The molecule has 0 aliphatic heterocycles. The number of hydrogen-bond donors (Lipinski definition) is 1. The van der Waals surface area contributed by atoms with E-state index in [4.69, 9.17) is 15.2 Å². The summed E-state index contributed by atoms with van der Waals surface area (Å²) in [6.45, 7) is 5.01. The molecule has 0 aliphatic rings. The van der Waals surface area contributed by atoms with Gasteiger partial charge in [0.05, 0.1) is 13.7 Å². The van der Waals surface area contributed by atoms with Gasteiger partial charge in [-0.05, 0) is 43.0 Å². The van der Waals surface area contributed by atoms with E-state index in [1.807, 2.05) is 24.3 Å². The van der Waals surface area contributed by atoms with Crippen molar-refractivity contribution in [2.75, 3.05) is 13.7 Å². The van der Waals surface area contributed by atoms with Crippen LogP contribution < -0.4 is 15.2 Å². The van der Waals surface area contributed by atoms with Gasteiger partial charge in [-0.15, -0.1) is 0 Å². The van der Waals surface area contributed by atoms with Crippen LogP contribution in [0.2, 0.25) is 0 Å². The van der Waals surface area contributed by atoms with Crippen molar-refractivity contribution in [3.8, 4) is 11.5 Å². The fraction of sp³-hybridized carbons (Fsp3) is 0.571. The lowest BCUT2D eigenvalue weighted by molar-refractivity contribution is 0.293. The zero-order chi connectivity index (χ0) is 12.7. The molecule has 1 aromatic carbocycles. The monoisotopic (exact) mass is 237 g/mol. The van der Waals surface area contributed by atoms with Gasteiger partial charge in [-0.3, -0.25) is 0 Å². The van der Waals surface area contributed by atoms with Crippen LogP contribution in [0.3, 0.4) is 0 Å². The number of rotatable bonds is 7. The van der Waals surface area contributed by atoms with Crippen LogP contribution in [0, 0.1) is 5.92 Å². The summed E-state index contributed by atoms with van der Waals surface area (Å²) in [6, 6.07) is 7.90. The number of methoxy groups -OCH3 is 1. The van der Waals surface area contributed by atoms with Crippen LogP contribution in [0.5, 0.6) is 11.5 Å². The highest BCUT2D eigenvalue weighted by Crippen LogP contribution is 2.17. The molecule has 0 saturated carbocycles. The normalized spacial score (nSPS) is 12.5. The average Bonchev–Trinajstić information content (AvgIpc) is 2.35. The third kappa shape index (κ3) is 5.09. The Morgan fingerprint density at radius 1 is 1.12 bits per heavy atom. The van der Waals surface area contributed by atoms with Gasteiger partial charge >= 0.3 is 0 Å². The van der Waals surface area contributed by atoms with Crippen LogP contribution >= 0.6 is 0 Å². The lowest BCUT2D eigenvalue weighted by Crippen LogP contribution is -2.26. The van der Waals surface area contributed by atoms with Gasteiger partial charge in [0.25, 0.3) is 0 Å². The van der Waals surface area contributed by atoms with Crippen LogP contribution in [0.25, 0.3) is 0 Å². The molecule has 0 radical (unpaired) electrons. The maximum Gasteiger partial charge on any atom is 0.119 e. The second-order valence-corrected chi connectivity index (χ2v) is 4.57. The molecule has 0 fully saturated rings. The molecule has 1 atom stereocenters. The third-order valence-corrected chi connectivity index (χ3v) is 2.87. The highest BCUT2D eigenvalue weighted by molar-refractivity contribution is 5.31. The van der Waals surface area contributed by atoms with Crippen molar-refractivity contribution < 1.29 is 9.47 Å². The molecular formula is C14H23NO2. The molecule has 3 heteroatoms. The van der Waals surface area contributed by atoms with E-state index in [2.05, 4.69) is 13.8 Å². The summed E-state index contributed by atoms with van der Waals surface area (Å²) in [7, 11) is 1.66. The fourth-order valence-corrected chi connectivity index (χ4v) is 1.51. The van der Waals surface area contributed by atoms with E-state index in [0.29, 0.717) is 12.5 Å². The van der Waals surface area contributed by atoms with Crippen molar-refractivity contribution in [3.05, 3.63) is 24.3 Å². The molecule has 17 heavy (non-hydrogen) atoms. The molecule has 0 aliphatic carbocycles. The minimum absolute atomic E-state index is 0.273. The molecule has 1 rings (SSSR count). The molecule has 2 N–H and O–H groups in total. The second kappa shape index (κ2) is 7.17. The second-order valence-electron chi connectivity index (χ2n) is 4.57. The topological polar surface area (TPSA) is 44.5 Å². The molecule has 1 aromatic rings. The summed E-state index contributed by atoms with van der Waals surface area (Å²) in [6.07, 6.45) is 2.00. The Bertz CT molecular complexity index is 309. The maximum absolute atomic E-state index is 5.96. The minimum atomic E-state index is 0.273. The van der Waals surface area contributed by atoms with Crippen LogP contribution in [-0.4, -0.2) is 19.8 Å². The minimum Gasteiger partial charge on any atom is -0.497 e. The van der Waals surface area contributed by atoms with Gasteiger partial charge in [0.1, 0.15) is 11.5 Å². The fourth-order valence-electron chi connectivity index (χ4n) is 1.51. The van der Waals surface area contributed by atoms with Gasteiger partial charge in [-0.25, -0.2) is 0 Å². The molecule has 0 amide bonds. The first-order valence-corrected chi connectivity index (χ1v) is 6.16. The van der Waals surface area contributed by atoms with Gasteiger partial charge in [0.15, 0.2) is 0 Å². The van der Waals surface area contributed by atoms with Crippen molar-refractivity contribution in [1.29, 1.82) is 0 Å². The maximum atomic E-state index is 5.96. The summed E-state index contributed by atoms with van der Waals surface area (Å²) >= 11 is 0. The predicted molar refractivity (Wildman–Crippen MR) is 70.5 cm³/mol. The largest absolute Gasteiger partial charge is 0.497 e. The summed E-state index contributed by atoms with van der Waals surface area (Å²) in [4.78, 5) is 0. The lowest BCUT2D eigenvalue weighted by Gasteiger charge is -2.15. The standard InChI is InChI=1S/C14H23NO2/c1-11(2)14(15)5-4-10-17-13-8-6-12(16-3)7-9-13/h6-9,11,14H,4-5,10,15H2,1-3H3. The highest BCUT2D eigenvalue weighted by atomic mass is 16.5. The molecule has 0 aromatic heterocycles. The van der Waals surface area contributed by atoms with Gasteiger partial charge < -0.3 is 15.2 Å². The number of ether oxygens (including phenoxy) is 2. The Morgan fingerprint density at radius 3 is 2.24 bits per heavy atom. The van der Waals surface area contributed by atoms with Crippen LogP contribution in [-0.2, 0) is 0 Å². The molecule has 0 spiro atoms. The van der Waals surface area contributed by atoms with E-state index in [1.54, 1.807) is 7.11 Å². The molecule has 0 saturated heterocycles. The van der Waals surface area contributed by atoms with Crippen molar-refractivity contribution in [1.82, 2.24) is 0 Å². The first kappa shape index (κ1) is 13.8. The first-order chi connectivity index (χ1) is 8.13. The Balaban J connectivity index is 2.22. The zero-order valence-corrected chi connectivity index (χ0v) is 11.0. The van der Waals surface area contributed by atoms with Gasteiger partial charge in [0, 0.05) is 6.04 Å². The van der Waals surface area contributed by atoms with Crippen LogP contribution in [0.1, 0.15) is 26.7 Å². The van der Waals surface area contributed by atoms with Crippen LogP contribution in [0.15, 0.2) is 24.3 Å². The van der Waals surface area contributed by atoms with Gasteiger partial charge in [-0.2, -0.15) is 0 Å². The predicted octanol–water partition coefficient (Wildman–Crippen LogP) is 2.84. The Kier molecular flexibility index (Phi) is 5.84. The molecule has 96 valence electrons. The Labute approximate surface area is 104 Å². The Morgan fingerprint density at radius 2 is 1.71 bits per heavy atom. The lowest BCUT2D eigenvalue weighted by atomic mass is 10.0. The van der Waals surface area contributed by atoms with E-state index >= 15 is 0 Å². The van der Waals surface area contributed by atoms with E-state index < -0.39 is 0 Å². The summed E-state index contributed by atoms with van der Waals surface area (Å²) in [5.74, 6) is 2.26. The summed E-state index contributed by atoms with van der Waals surface area (Å²) in [5.41, 5.74) is 5.96. The van der Waals surface area contributed by atoms with Crippen molar-refractivity contribution >= 4 is 0 Å². The third-order valence-electron chi connectivity index (χ3n) is 2.87.